The normalized spacial score (nSPS) is 24.4. The lowest BCUT2D eigenvalue weighted by Crippen LogP contribution is -2.57. The standard InChI is InChI=1S/C15H21N3O/c1-9-6-10(2)17-14(11(9)8-16)18-12-7-13(19-5)15(12,3)4/h6,12-13H,7H2,1-5H3,(H,17,18). The van der Waals surface area contributed by atoms with Crippen molar-refractivity contribution in [1.82, 2.24) is 4.98 Å². The van der Waals surface area contributed by atoms with E-state index in [9.17, 15) is 5.26 Å². The molecule has 1 aromatic heterocycles. The molecule has 4 heteroatoms. The van der Waals surface area contributed by atoms with Crippen molar-refractivity contribution >= 4 is 5.82 Å². The van der Waals surface area contributed by atoms with Crippen molar-refractivity contribution in [2.45, 2.75) is 46.3 Å². The topological polar surface area (TPSA) is 57.9 Å². The molecule has 19 heavy (non-hydrogen) atoms. The highest BCUT2D eigenvalue weighted by Crippen LogP contribution is 2.44. The zero-order valence-electron chi connectivity index (χ0n) is 12.2. The van der Waals surface area contributed by atoms with Crippen LogP contribution < -0.4 is 5.32 Å². The van der Waals surface area contributed by atoms with E-state index in [1.165, 1.54) is 0 Å². The SMILES string of the molecule is COC1CC(Nc2nc(C)cc(C)c2C#N)C1(C)C. The molecule has 0 bridgehead atoms. The number of anilines is 1. The minimum absolute atomic E-state index is 0.0564. The fourth-order valence-electron chi connectivity index (χ4n) is 2.78. The van der Waals surface area contributed by atoms with E-state index in [1.807, 2.05) is 19.9 Å². The lowest BCUT2D eigenvalue weighted by molar-refractivity contribution is -0.0795. The Hall–Kier alpha value is -1.60. The van der Waals surface area contributed by atoms with Gasteiger partial charge in [-0.05, 0) is 31.9 Å². The molecule has 1 aliphatic rings. The molecule has 1 aromatic rings. The largest absolute Gasteiger partial charge is 0.381 e. The van der Waals surface area contributed by atoms with Crippen LogP contribution in [0.25, 0.3) is 0 Å². The summed E-state index contributed by atoms with van der Waals surface area (Å²) >= 11 is 0. The highest BCUT2D eigenvalue weighted by Gasteiger charge is 2.48. The van der Waals surface area contributed by atoms with E-state index in [2.05, 4.69) is 30.2 Å². The first-order valence-electron chi connectivity index (χ1n) is 6.57. The number of nitrogens with one attached hydrogen (secondary N) is 1. The molecule has 2 atom stereocenters. The molecule has 102 valence electrons. The van der Waals surface area contributed by atoms with Crippen LogP contribution >= 0.6 is 0 Å². The highest BCUT2D eigenvalue weighted by molar-refractivity contribution is 5.57. The lowest BCUT2D eigenvalue weighted by atomic mass is 9.64. The van der Waals surface area contributed by atoms with Crippen LogP contribution in [0.5, 0.6) is 0 Å². The second kappa shape index (κ2) is 4.82. The Labute approximate surface area is 114 Å². The van der Waals surface area contributed by atoms with Gasteiger partial charge in [0.1, 0.15) is 11.9 Å². The Morgan fingerprint density at radius 2 is 2.16 bits per heavy atom. The summed E-state index contributed by atoms with van der Waals surface area (Å²) in [7, 11) is 1.75. The number of ether oxygens (including phenoxy) is 1. The smallest absolute Gasteiger partial charge is 0.144 e. The van der Waals surface area contributed by atoms with Gasteiger partial charge >= 0.3 is 0 Å². The van der Waals surface area contributed by atoms with E-state index in [0.717, 1.165) is 17.7 Å². The Balaban J connectivity index is 2.24. The third kappa shape index (κ3) is 2.31. The minimum Gasteiger partial charge on any atom is -0.381 e. The number of hydrogen-bond acceptors (Lipinski definition) is 4. The fraction of sp³-hybridized carbons (Fsp3) is 0.600. The maximum atomic E-state index is 9.27. The van der Waals surface area contributed by atoms with Crippen molar-refractivity contribution in [3.63, 3.8) is 0 Å². The Morgan fingerprint density at radius 3 is 2.68 bits per heavy atom. The first-order valence-corrected chi connectivity index (χ1v) is 6.57. The van der Waals surface area contributed by atoms with Gasteiger partial charge in [-0.3, -0.25) is 0 Å². The van der Waals surface area contributed by atoms with Gasteiger partial charge in [-0.25, -0.2) is 4.98 Å². The molecule has 2 rings (SSSR count). The number of nitrogens with zero attached hydrogens (tertiary/aromatic N) is 2. The summed E-state index contributed by atoms with van der Waals surface area (Å²) in [5.74, 6) is 0.702. The molecular weight excluding hydrogens is 238 g/mol. The van der Waals surface area contributed by atoms with Crippen LogP contribution in [0.1, 0.15) is 37.1 Å². The molecule has 0 aromatic carbocycles. The van der Waals surface area contributed by atoms with E-state index in [4.69, 9.17) is 4.74 Å². The molecule has 0 saturated heterocycles. The summed E-state index contributed by atoms with van der Waals surface area (Å²) in [5, 5.41) is 12.7. The van der Waals surface area contributed by atoms with Gasteiger partial charge in [0.2, 0.25) is 0 Å². The van der Waals surface area contributed by atoms with Gasteiger partial charge in [-0.2, -0.15) is 5.26 Å². The molecule has 0 amide bonds. The maximum Gasteiger partial charge on any atom is 0.144 e. The summed E-state index contributed by atoms with van der Waals surface area (Å²) < 4.78 is 5.45. The van der Waals surface area contributed by atoms with Crippen LogP contribution in [0.4, 0.5) is 5.82 Å². The monoisotopic (exact) mass is 259 g/mol. The Bertz CT molecular complexity index is 531. The number of hydrogen-bond donors (Lipinski definition) is 1. The predicted octanol–water partition coefficient (Wildman–Crippen LogP) is 2.80. The van der Waals surface area contributed by atoms with Crippen molar-refractivity contribution in [1.29, 1.82) is 5.26 Å². The lowest BCUT2D eigenvalue weighted by Gasteiger charge is -2.51. The van der Waals surface area contributed by atoms with Gasteiger partial charge in [-0.1, -0.05) is 13.8 Å². The van der Waals surface area contributed by atoms with Gasteiger partial charge in [0, 0.05) is 24.3 Å². The number of nitriles is 1. The van der Waals surface area contributed by atoms with Crippen molar-refractivity contribution in [2.75, 3.05) is 12.4 Å². The fourth-order valence-corrected chi connectivity index (χ4v) is 2.78. The van der Waals surface area contributed by atoms with E-state index < -0.39 is 0 Å². The average Bonchev–Trinajstić information content (AvgIpc) is 2.33. The summed E-state index contributed by atoms with van der Waals surface area (Å²) in [5.41, 5.74) is 2.60. The molecule has 1 saturated carbocycles. The van der Waals surface area contributed by atoms with Crippen LogP contribution in [0.3, 0.4) is 0 Å². The van der Waals surface area contributed by atoms with Gasteiger partial charge in [0.05, 0.1) is 11.7 Å². The summed E-state index contributed by atoms with van der Waals surface area (Å²) in [6, 6.07) is 4.47. The van der Waals surface area contributed by atoms with Crippen LogP contribution in [-0.4, -0.2) is 24.2 Å². The maximum absolute atomic E-state index is 9.27. The molecule has 1 heterocycles. The van der Waals surface area contributed by atoms with E-state index >= 15 is 0 Å². The zero-order chi connectivity index (χ0) is 14.2. The molecule has 1 N–H and O–H groups in total. The van der Waals surface area contributed by atoms with Gasteiger partial charge in [-0.15, -0.1) is 0 Å². The summed E-state index contributed by atoms with van der Waals surface area (Å²) in [6.07, 6.45) is 1.21. The molecule has 1 aliphatic carbocycles. The molecule has 4 nitrogen and oxygen atoms in total. The second-order valence-electron chi connectivity index (χ2n) is 5.89. The quantitative estimate of drug-likeness (QED) is 0.906. The van der Waals surface area contributed by atoms with Crippen LogP contribution in [0.2, 0.25) is 0 Å². The number of pyridine rings is 1. The number of rotatable bonds is 3. The van der Waals surface area contributed by atoms with Gasteiger partial charge in [0.15, 0.2) is 0 Å². The number of aromatic nitrogens is 1. The van der Waals surface area contributed by atoms with Crippen molar-refractivity contribution in [3.8, 4) is 6.07 Å². The first-order chi connectivity index (χ1) is 8.90. The first kappa shape index (κ1) is 13.8. The van der Waals surface area contributed by atoms with Crippen LogP contribution in [0, 0.1) is 30.6 Å². The van der Waals surface area contributed by atoms with Crippen LogP contribution in [0.15, 0.2) is 6.07 Å². The van der Waals surface area contributed by atoms with E-state index in [-0.39, 0.29) is 11.5 Å². The highest BCUT2D eigenvalue weighted by atomic mass is 16.5. The van der Waals surface area contributed by atoms with E-state index in [1.54, 1.807) is 7.11 Å². The van der Waals surface area contributed by atoms with Gasteiger partial charge < -0.3 is 10.1 Å². The minimum atomic E-state index is 0.0564. The third-order valence-corrected chi connectivity index (χ3v) is 4.23. The Morgan fingerprint density at radius 1 is 1.47 bits per heavy atom. The average molecular weight is 259 g/mol. The molecule has 1 fully saturated rings. The van der Waals surface area contributed by atoms with E-state index in [0.29, 0.717) is 17.4 Å². The van der Waals surface area contributed by atoms with Crippen LogP contribution in [-0.2, 0) is 4.74 Å². The summed E-state index contributed by atoms with van der Waals surface area (Å²) in [4.78, 5) is 4.47. The van der Waals surface area contributed by atoms with Crippen molar-refractivity contribution < 1.29 is 4.74 Å². The zero-order valence-corrected chi connectivity index (χ0v) is 12.2. The van der Waals surface area contributed by atoms with Crippen molar-refractivity contribution in [2.24, 2.45) is 5.41 Å². The summed E-state index contributed by atoms with van der Waals surface area (Å²) in [6.45, 7) is 8.25. The molecular formula is C15H21N3O. The van der Waals surface area contributed by atoms with Crippen molar-refractivity contribution in [3.05, 3.63) is 22.9 Å². The molecule has 0 radical (unpaired) electrons. The predicted molar refractivity (Wildman–Crippen MR) is 75.0 cm³/mol. The molecule has 2 unspecified atom stereocenters. The second-order valence-corrected chi connectivity index (χ2v) is 5.89. The Kier molecular flexibility index (Phi) is 3.51. The number of aryl methyl sites for hydroxylation is 2. The van der Waals surface area contributed by atoms with Gasteiger partial charge in [0.25, 0.3) is 0 Å². The molecule has 0 aliphatic heterocycles. The molecule has 0 spiro atoms. The number of methoxy groups -OCH3 is 1. The third-order valence-electron chi connectivity index (χ3n) is 4.23.